The third-order valence-electron chi connectivity index (χ3n) is 8.89. The summed E-state index contributed by atoms with van der Waals surface area (Å²) in [6.45, 7) is 2.64. The van der Waals surface area contributed by atoms with E-state index in [0.717, 1.165) is 25.7 Å². The van der Waals surface area contributed by atoms with E-state index in [2.05, 4.69) is 118 Å². The molecule has 4 aromatic heterocycles. The summed E-state index contributed by atoms with van der Waals surface area (Å²) in [5, 5.41) is 0. The lowest BCUT2D eigenvalue weighted by Crippen LogP contribution is -2.09. The van der Waals surface area contributed by atoms with Crippen LogP contribution in [0, 0.1) is 0 Å². The maximum absolute atomic E-state index is 5.88. The molecule has 222 valence electrons. The van der Waals surface area contributed by atoms with Crippen LogP contribution < -0.4 is 0 Å². The van der Waals surface area contributed by atoms with Crippen LogP contribution in [0.2, 0.25) is 0 Å². The van der Waals surface area contributed by atoms with E-state index in [0.29, 0.717) is 26.4 Å². The summed E-state index contributed by atoms with van der Waals surface area (Å²) >= 11 is 0. The molecule has 6 heteroatoms. The molecule has 6 aromatic rings. The lowest BCUT2D eigenvalue weighted by molar-refractivity contribution is -0.0463. The Bertz CT molecular complexity index is 1740. The van der Waals surface area contributed by atoms with E-state index < -0.39 is 0 Å². The van der Waals surface area contributed by atoms with Crippen molar-refractivity contribution in [2.75, 3.05) is 26.4 Å². The van der Waals surface area contributed by atoms with Gasteiger partial charge in [-0.15, -0.1) is 0 Å². The number of rotatable bonds is 9. The second-order valence-electron chi connectivity index (χ2n) is 11.5. The maximum atomic E-state index is 5.88. The molecule has 0 N–H and O–H groups in total. The van der Waals surface area contributed by atoms with Crippen LogP contribution in [0.4, 0.5) is 0 Å². The number of aryl methyl sites for hydroxylation is 2. The van der Waals surface area contributed by atoms with E-state index in [1.54, 1.807) is 0 Å². The number of hydrogen-bond donors (Lipinski definition) is 0. The number of benzene rings is 2. The van der Waals surface area contributed by atoms with Crippen LogP contribution >= 0.6 is 0 Å². The highest BCUT2D eigenvalue weighted by atomic mass is 16.7. The fourth-order valence-electron chi connectivity index (χ4n) is 7.03. The highest BCUT2D eigenvalue weighted by molar-refractivity contribution is 5.98. The summed E-state index contributed by atoms with van der Waals surface area (Å²) in [5.74, 6) is 0. The first kappa shape index (κ1) is 27.4. The molecule has 2 saturated heterocycles. The average molecular weight is 585 g/mol. The molecule has 0 atom stereocenters. The standard InChI is InChI=1S/C38H36N2O4/c1-3-11-27(12-4-1)35-29(17-19-33-41-23-24-42-33)31-15-7-9-21-39(31)37(35)38-36(28-13-5-2-6-14-28)30(18-20-34-43-25-26-44-34)32-16-8-10-22-40(32)38/h1-16,21-22,33-34H,17-20,23-26H2. The van der Waals surface area contributed by atoms with Crippen LogP contribution in [0.5, 0.6) is 0 Å². The average Bonchev–Trinajstić information content (AvgIpc) is 3.89. The molecule has 2 aliphatic rings. The fraction of sp³-hybridized carbons (Fsp3) is 0.263. The van der Waals surface area contributed by atoms with Crippen LogP contribution in [0.1, 0.15) is 24.0 Å². The van der Waals surface area contributed by atoms with Crippen molar-refractivity contribution in [3.63, 3.8) is 0 Å². The Kier molecular flexibility index (Phi) is 7.50. The summed E-state index contributed by atoms with van der Waals surface area (Å²) in [6.07, 6.45) is 7.38. The Morgan fingerprint density at radius 1 is 0.477 bits per heavy atom. The molecule has 2 aromatic carbocycles. The molecule has 2 fully saturated rings. The van der Waals surface area contributed by atoms with E-state index in [1.807, 2.05) is 0 Å². The quantitative estimate of drug-likeness (QED) is 0.174. The van der Waals surface area contributed by atoms with E-state index in [4.69, 9.17) is 18.9 Å². The Balaban J connectivity index is 1.42. The Hall–Kier alpha value is -4.20. The van der Waals surface area contributed by atoms with Gasteiger partial charge in [-0.05, 0) is 59.4 Å². The van der Waals surface area contributed by atoms with Crippen LogP contribution in [0.15, 0.2) is 109 Å². The molecular formula is C38H36N2O4. The number of aromatic nitrogens is 2. The maximum Gasteiger partial charge on any atom is 0.158 e. The largest absolute Gasteiger partial charge is 0.350 e. The van der Waals surface area contributed by atoms with E-state index in [1.165, 1.54) is 55.8 Å². The third kappa shape index (κ3) is 4.94. The van der Waals surface area contributed by atoms with Crippen molar-refractivity contribution < 1.29 is 18.9 Å². The minimum atomic E-state index is -0.165. The second kappa shape index (κ2) is 12.1. The molecule has 6 heterocycles. The van der Waals surface area contributed by atoms with E-state index >= 15 is 0 Å². The molecule has 0 radical (unpaired) electrons. The van der Waals surface area contributed by atoms with Gasteiger partial charge in [-0.2, -0.15) is 0 Å². The van der Waals surface area contributed by atoms with Crippen molar-refractivity contribution in [1.82, 2.24) is 8.80 Å². The Morgan fingerprint density at radius 3 is 1.27 bits per heavy atom. The molecule has 0 bridgehead atoms. The minimum absolute atomic E-state index is 0.165. The van der Waals surface area contributed by atoms with Gasteiger partial charge >= 0.3 is 0 Å². The molecule has 44 heavy (non-hydrogen) atoms. The second-order valence-corrected chi connectivity index (χ2v) is 11.5. The van der Waals surface area contributed by atoms with Crippen molar-refractivity contribution in [2.24, 2.45) is 0 Å². The SMILES string of the molecule is c1ccc(-c2c(CCC3OCCO3)c3ccccn3c2-c2c(-c3ccccc3)c(CCC3OCCO3)c3ccccn23)cc1. The van der Waals surface area contributed by atoms with Gasteiger partial charge in [0, 0.05) is 47.4 Å². The zero-order valence-electron chi connectivity index (χ0n) is 24.7. The van der Waals surface area contributed by atoms with Crippen LogP contribution in [-0.2, 0) is 31.8 Å². The first-order chi connectivity index (χ1) is 21.9. The van der Waals surface area contributed by atoms with Crippen molar-refractivity contribution in [3.05, 3.63) is 121 Å². The fourth-order valence-corrected chi connectivity index (χ4v) is 7.03. The van der Waals surface area contributed by atoms with Gasteiger partial charge in [0.2, 0.25) is 0 Å². The number of fused-ring (bicyclic) bond motifs is 2. The van der Waals surface area contributed by atoms with Gasteiger partial charge in [0.15, 0.2) is 12.6 Å². The smallest absolute Gasteiger partial charge is 0.158 e. The molecule has 8 rings (SSSR count). The zero-order chi connectivity index (χ0) is 29.3. The van der Waals surface area contributed by atoms with E-state index in [-0.39, 0.29) is 12.6 Å². The molecule has 6 nitrogen and oxygen atoms in total. The predicted octanol–water partition coefficient (Wildman–Crippen LogP) is 7.80. The number of nitrogens with zero attached hydrogens (tertiary/aromatic N) is 2. The van der Waals surface area contributed by atoms with Crippen molar-refractivity contribution in [1.29, 1.82) is 0 Å². The lowest BCUT2D eigenvalue weighted by atomic mass is 9.92. The van der Waals surface area contributed by atoms with Gasteiger partial charge in [-0.1, -0.05) is 72.8 Å². The van der Waals surface area contributed by atoms with Gasteiger partial charge < -0.3 is 27.7 Å². The lowest BCUT2D eigenvalue weighted by Gasteiger charge is -2.14. The molecule has 0 spiro atoms. The normalized spacial score (nSPS) is 16.1. The molecule has 0 unspecified atom stereocenters. The predicted molar refractivity (Wildman–Crippen MR) is 173 cm³/mol. The van der Waals surface area contributed by atoms with Gasteiger partial charge in [0.05, 0.1) is 37.8 Å². The van der Waals surface area contributed by atoms with Gasteiger partial charge in [-0.25, -0.2) is 0 Å². The Labute approximate surface area is 257 Å². The molecule has 2 aliphatic heterocycles. The molecular weight excluding hydrogens is 548 g/mol. The highest BCUT2D eigenvalue weighted by Gasteiger charge is 2.29. The van der Waals surface area contributed by atoms with E-state index in [9.17, 15) is 0 Å². The highest BCUT2D eigenvalue weighted by Crippen LogP contribution is 2.47. The summed E-state index contributed by atoms with van der Waals surface area (Å²) in [6, 6.07) is 34.7. The minimum Gasteiger partial charge on any atom is -0.350 e. The van der Waals surface area contributed by atoms with Crippen molar-refractivity contribution in [2.45, 2.75) is 38.3 Å². The number of pyridine rings is 2. The summed E-state index contributed by atoms with van der Waals surface area (Å²) in [5.41, 5.74) is 12.3. The summed E-state index contributed by atoms with van der Waals surface area (Å²) in [7, 11) is 0. The van der Waals surface area contributed by atoms with Crippen LogP contribution in [0.25, 0.3) is 44.7 Å². The topological polar surface area (TPSA) is 45.7 Å². The molecule has 0 aliphatic carbocycles. The van der Waals surface area contributed by atoms with Gasteiger partial charge in [-0.3, -0.25) is 0 Å². The third-order valence-corrected chi connectivity index (χ3v) is 8.89. The van der Waals surface area contributed by atoms with Gasteiger partial charge in [0.1, 0.15) is 0 Å². The van der Waals surface area contributed by atoms with Crippen molar-refractivity contribution in [3.8, 4) is 33.6 Å². The summed E-state index contributed by atoms with van der Waals surface area (Å²) < 4.78 is 28.3. The molecule has 0 amide bonds. The van der Waals surface area contributed by atoms with Crippen molar-refractivity contribution >= 4 is 11.0 Å². The zero-order valence-corrected chi connectivity index (χ0v) is 24.7. The Morgan fingerprint density at radius 2 is 0.864 bits per heavy atom. The first-order valence-corrected chi connectivity index (χ1v) is 15.7. The van der Waals surface area contributed by atoms with Crippen LogP contribution in [-0.4, -0.2) is 47.8 Å². The number of ether oxygens (including phenoxy) is 4. The monoisotopic (exact) mass is 584 g/mol. The number of hydrogen-bond acceptors (Lipinski definition) is 4. The van der Waals surface area contributed by atoms with Gasteiger partial charge in [0.25, 0.3) is 0 Å². The summed E-state index contributed by atoms with van der Waals surface area (Å²) in [4.78, 5) is 0. The molecule has 0 saturated carbocycles. The van der Waals surface area contributed by atoms with Crippen LogP contribution in [0.3, 0.4) is 0 Å². The first-order valence-electron chi connectivity index (χ1n) is 15.7.